The molecule has 0 spiro atoms. The average Bonchev–Trinajstić information content (AvgIpc) is 1.77. The molecule has 1 unspecified atom stereocenters. The summed E-state index contributed by atoms with van der Waals surface area (Å²) < 4.78 is 1.55. The summed E-state index contributed by atoms with van der Waals surface area (Å²) in [7, 11) is 0. The Morgan fingerprint density at radius 1 is 1.75 bits per heavy atom. The van der Waals surface area contributed by atoms with Crippen molar-refractivity contribution >= 4 is 38.5 Å². The van der Waals surface area contributed by atoms with Crippen LogP contribution in [0, 0.1) is 0 Å². The Morgan fingerprint density at radius 3 is 2.88 bits per heavy atom. The molecule has 1 heterocycles. The lowest BCUT2D eigenvalue weighted by atomic mass is 10.4. The molecule has 44 valence electrons. The minimum absolute atomic E-state index is 0.453. The van der Waals surface area contributed by atoms with E-state index in [1.54, 1.807) is 0 Å². The molecule has 1 atom stereocenters. The number of hydrogen-bond donors (Lipinski definition) is 1. The Bertz CT molecular complexity index is 141. The highest BCUT2D eigenvalue weighted by atomic mass is 127. The van der Waals surface area contributed by atoms with Crippen molar-refractivity contribution in [3.05, 3.63) is 22.8 Å². The van der Waals surface area contributed by atoms with Crippen LogP contribution in [0.4, 0.5) is 0 Å². The van der Waals surface area contributed by atoms with Crippen LogP contribution in [0.3, 0.4) is 0 Å². The Kier molecular flexibility index (Phi) is 2.37. The molecule has 0 saturated heterocycles. The molecule has 0 fully saturated rings. The first-order chi connectivity index (χ1) is 3.79. The van der Waals surface area contributed by atoms with Gasteiger partial charge in [0.05, 0.1) is 4.05 Å². The number of alkyl halides is 1. The first-order valence-electron chi connectivity index (χ1n) is 2.23. The minimum atomic E-state index is 0.453. The molecule has 0 bridgehead atoms. The molecular weight excluding hydrogens is 281 g/mol. The molecule has 0 aromatic carbocycles. The van der Waals surface area contributed by atoms with Crippen LogP contribution >= 0.6 is 38.5 Å². The van der Waals surface area contributed by atoms with Crippen molar-refractivity contribution in [2.45, 2.75) is 4.05 Å². The predicted molar refractivity (Wildman–Crippen MR) is 47.1 cm³/mol. The van der Waals surface area contributed by atoms with E-state index in [9.17, 15) is 0 Å². The van der Waals surface area contributed by atoms with Crippen LogP contribution in [-0.4, -0.2) is 4.05 Å². The summed E-state index contributed by atoms with van der Waals surface area (Å²) in [4.78, 5) is 0. The van der Waals surface area contributed by atoms with E-state index in [2.05, 4.69) is 49.9 Å². The SMILES string of the molecule is BrC1=CNC(I)C=C1. The fourth-order valence-electron chi connectivity index (χ4n) is 0.439. The van der Waals surface area contributed by atoms with Crippen molar-refractivity contribution in [3.8, 4) is 0 Å². The fraction of sp³-hybridized carbons (Fsp3) is 0.200. The van der Waals surface area contributed by atoms with Crippen molar-refractivity contribution in [2.24, 2.45) is 0 Å². The molecule has 1 nitrogen and oxygen atoms in total. The maximum Gasteiger partial charge on any atom is 0.0966 e. The summed E-state index contributed by atoms with van der Waals surface area (Å²) >= 11 is 5.63. The Hall–Kier alpha value is 0.490. The molecule has 0 saturated carbocycles. The summed E-state index contributed by atoms with van der Waals surface area (Å²) in [6.45, 7) is 0. The van der Waals surface area contributed by atoms with Crippen LogP contribution in [-0.2, 0) is 0 Å². The standard InChI is InChI=1S/C5H5BrIN/c6-4-1-2-5(7)8-3-4/h1-3,5,8H. The van der Waals surface area contributed by atoms with E-state index >= 15 is 0 Å². The Morgan fingerprint density at radius 2 is 2.50 bits per heavy atom. The highest BCUT2D eigenvalue weighted by Gasteiger charge is 1.98. The number of dihydropyridines is 1. The van der Waals surface area contributed by atoms with Gasteiger partial charge in [0.25, 0.3) is 0 Å². The van der Waals surface area contributed by atoms with Gasteiger partial charge in [0, 0.05) is 10.7 Å². The van der Waals surface area contributed by atoms with Crippen molar-refractivity contribution < 1.29 is 0 Å². The molecule has 0 radical (unpaired) electrons. The molecule has 0 amide bonds. The van der Waals surface area contributed by atoms with Crippen LogP contribution in [0.2, 0.25) is 0 Å². The molecule has 1 aliphatic heterocycles. The summed E-state index contributed by atoms with van der Waals surface area (Å²) in [5.74, 6) is 0. The van der Waals surface area contributed by atoms with Gasteiger partial charge in [0.1, 0.15) is 0 Å². The maximum absolute atomic E-state index is 3.32. The van der Waals surface area contributed by atoms with Crippen molar-refractivity contribution in [2.75, 3.05) is 0 Å². The van der Waals surface area contributed by atoms with Crippen LogP contribution in [0.1, 0.15) is 0 Å². The summed E-state index contributed by atoms with van der Waals surface area (Å²) in [6, 6.07) is 0. The lowest BCUT2D eigenvalue weighted by Gasteiger charge is -2.08. The highest BCUT2D eigenvalue weighted by Crippen LogP contribution is 2.12. The zero-order valence-corrected chi connectivity index (χ0v) is 7.81. The third-order valence-electron chi connectivity index (χ3n) is 0.805. The van der Waals surface area contributed by atoms with Gasteiger partial charge in [-0.1, -0.05) is 28.7 Å². The Balaban J connectivity index is 2.58. The summed E-state index contributed by atoms with van der Waals surface area (Å²) in [6.07, 6.45) is 6.06. The number of rotatable bonds is 0. The van der Waals surface area contributed by atoms with Crippen LogP contribution in [0.25, 0.3) is 0 Å². The Labute approximate surface area is 70.5 Å². The van der Waals surface area contributed by atoms with Gasteiger partial charge in [-0.05, 0) is 22.0 Å². The second-order valence-electron chi connectivity index (χ2n) is 1.46. The van der Waals surface area contributed by atoms with E-state index in [1.807, 2.05) is 12.3 Å². The van der Waals surface area contributed by atoms with Gasteiger partial charge in [0.15, 0.2) is 0 Å². The van der Waals surface area contributed by atoms with E-state index in [4.69, 9.17) is 0 Å². The second-order valence-corrected chi connectivity index (χ2v) is 3.71. The van der Waals surface area contributed by atoms with Crippen LogP contribution in [0.15, 0.2) is 22.8 Å². The lowest BCUT2D eigenvalue weighted by Crippen LogP contribution is -2.16. The largest absolute Gasteiger partial charge is 0.375 e. The summed E-state index contributed by atoms with van der Waals surface area (Å²) in [5.41, 5.74) is 0. The van der Waals surface area contributed by atoms with Gasteiger partial charge in [-0.15, -0.1) is 0 Å². The maximum atomic E-state index is 3.32. The molecule has 8 heavy (non-hydrogen) atoms. The first kappa shape index (κ1) is 6.61. The van der Waals surface area contributed by atoms with E-state index in [0.717, 1.165) is 4.48 Å². The van der Waals surface area contributed by atoms with Crippen molar-refractivity contribution in [1.29, 1.82) is 0 Å². The minimum Gasteiger partial charge on any atom is -0.375 e. The van der Waals surface area contributed by atoms with Gasteiger partial charge < -0.3 is 5.32 Å². The van der Waals surface area contributed by atoms with Gasteiger partial charge in [0.2, 0.25) is 0 Å². The molecule has 1 rings (SSSR count). The third-order valence-corrected chi connectivity index (χ3v) is 2.07. The number of halogens is 2. The van der Waals surface area contributed by atoms with E-state index in [0.29, 0.717) is 4.05 Å². The fourth-order valence-corrected chi connectivity index (χ4v) is 1.11. The molecule has 0 aromatic rings. The van der Waals surface area contributed by atoms with Crippen LogP contribution < -0.4 is 5.32 Å². The number of allylic oxidation sites excluding steroid dienone is 2. The first-order valence-corrected chi connectivity index (χ1v) is 4.27. The predicted octanol–water partition coefficient (Wildman–Crippen LogP) is 2.14. The monoisotopic (exact) mass is 285 g/mol. The van der Waals surface area contributed by atoms with E-state index in [1.165, 1.54) is 0 Å². The zero-order chi connectivity index (χ0) is 5.98. The zero-order valence-electron chi connectivity index (χ0n) is 4.07. The molecule has 1 aliphatic rings. The van der Waals surface area contributed by atoms with Crippen molar-refractivity contribution in [1.82, 2.24) is 5.32 Å². The molecule has 3 heteroatoms. The third kappa shape index (κ3) is 1.78. The summed E-state index contributed by atoms with van der Waals surface area (Å²) in [5, 5.41) is 3.12. The smallest absolute Gasteiger partial charge is 0.0966 e. The van der Waals surface area contributed by atoms with E-state index < -0.39 is 0 Å². The number of hydrogen-bond acceptors (Lipinski definition) is 1. The van der Waals surface area contributed by atoms with Gasteiger partial charge in [-0.25, -0.2) is 0 Å². The topological polar surface area (TPSA) is 12.0 Å². The molecular formula is C5H5BrIN. The molecule has 0 aliphatic carbocycles. The molecule has 1 N–H and O–H groups in total. The average molecular weight is 286 g/mol. The van der Waals surface area contributed by atoms with Crippen LogP contribution in [0.5, 0.6) is 0 Å². The van der Waals surface area contributed by atoms with Crippen molar-refractivity contribution in [3.63, 3.8) is 0 Å². The molecule has 0 aromatic heterocycles. The quantitative estimate of drug-likeness (QED) is 0.409. The number of nitrogens with one attached hydrogen (secondary N) is 1. The second kappa shape index (κ2) is 2.87. The van der Waals surface area contributed by atoms with Gasteiger partial charge in [-0.2, -0.15) is 0 Å². The van der Waals surface area contributed by atoms with E-state index in [-0.39, 0.29) is 0 Å². The van der Waals surface area contributed by atoms with Gasteiger partial charge in [-0.3, -0.25) is 0 Å². The van der Waals surface area contributed by atoms with Gasteiger partial charge >= 0.3 is 0 Å². The normalized spacial score (nSPS) is 26.8. The highest BCUT2D eigenvalue weighted by molar-refractivity contribution is 14.1. The lowest BCUT2D eigenvalue weighted by molar-refractivity contribution is 0.940.